The normalized spacial score (nSPS) is 18.4. The molecule has 33 heavy (non-hydrogen) atoms. The van der Waals surface area contributed by atoms with Gasteiger partial charge in [-0.25, -0.2) is 0 Å². The molecule has 2 amide bonds. The van der Waals surface area contributed by atoms with E-state index in [1.807, 2.05) is 48.7 Å². The second-order valence-corrected chi connectivity index (χ2v) is 9.00. The molecule has 4 N–H and O–H groups in total. The molecule has 0 saturated carbocycles. The number of allylic oxidation sites excluding steroid dienone is 2. The van der Waals surface area contributed by atoms with E-state index in [0.29, 0.717) is 12.8 Å². The number of nitrogens with one attached hydrogen (secondary N) is 4. The van der Waals surface area contributed by atoms with Gasteiger partial charge in [-0.2, -0.15) is 0 Å². The first-order valence-electron chi connectivity index (χ1n) is 11.4. The maximum Gasteiger partial charge on any atom is 0.243 e. The maximum absolute atomic E-state index is 13.0. The minimum absolute atomic E-state index is 0.141. The van der Waals surface area contributed by atoms with Crippen LogP contribution >= 0.6 is 0 Å². The van der Waals surface area contributed by atoms with E-state index in [1.165, 1.54) is 5.57 Å². The van der Waals surface area contributed by atoms with Crippen molar-refractivity contribution >= 4 is 33.6 Å². The highest BCUT2D eigenvalue weighted by Gasteiger charge is 2.34. The second-order valence-electron chi connectivity index (χ2n) is 9.00. The lowest BCUT2D eigenvalue weighted by atomic mass is 9.96. The Balaban J connectivity index is 1.36. The number of carbonyl (C=O) groups excluding carboxylic acids is 2. The molecule has 1 aliphatic rings. The van der Waals surface area contributed by atoms with Gasteiger partial charge in [-0.15, -0.1) is 0 Å². The number of piperazine rings is 1. The number of carbonyl (C=O) groups is 2. The van der Waals surface area contributed by atoms with Gasteiger partial charge < -0.3 is 20.6 Å². The zero-order valence-corrected chi connectivity index (χ0v) is 18.9. The van der Waals surface area contributed by atoms with Crippen molar-refractivity contribution in [1.82, 2.24) is 20.6 Å². The van der Waals surface area contributed by atoms with Gasteiger partial charge in [-0.3, -0.25) is 9.59 Å². The molecular formula is C27H28N4O2. The molecular weight excluding hydrogens is 412 g/mol. The molecule has 1 aliphatic heterocycles. The summed E-state index contributed by atoms with van der Waals surface area (Å²) in [4.78, 5) is 32.7. The van der Waals surface area contributed by atoms with Crippen LogP contribution in [0.4, 0.5) is 0 Å². The monoisotopic (exact) mass is 440 g/mol. The van der Waals surface area contributed by atoms with Crippen molar-refractivity contribution in [2.45, 2.75) is 45.2 Å². The van der Waals surface area contributed by atoms with Crippen LogP contribution in [0.3, 0.4) is 0 Å². The van der Waals surface area contributed by atoms with Crippen molar-refractivity contribution in [2.75, 3.05) is 0 Å². The summed E-state index contributed by atoms with van der Waals surface area (Å²) in [7, 11) is 0. The quantitative estimate of drug-likeness (QED) is 0.342. The summed E-state index contributed by atoms with van der Waals surface area (Å²) in [6.07, 6.45) is 5.75. The molecule has 6 heteroatoms. The molecule has 0 bridgehead atoms. The van der Waals surface area contributed by atoms with Gasteiger partial charge in [0.25, 0.3) is 0 Å². The van der Waals surface area contributed by atoms with Gasteiger partial charge in [0.1, 0.15) is 12.1 Å². The van der Waals surface area contributed by atoms with E-state index >= 15 is 0 Å². The fraction of sp³-hybridized carbons (Fsp3) is 0.259. The highest BCUT2D eigenvalue weighted by atomic mass is 16.2. The Morgan fingerprint density at radius 2 is 1.48 bits per heavy atom. The van der Waals surface area contributed by atoms with E-state index in [4.69, 9.17) is 0 Å². The molecule has 0 spiro atoms. The Labute approximate surface area is 192 Å². The van der Waals surface area contributed by atoms with E-state index in [1.54, 1.807) is 0 Å². The molecule has 1 fully saturated rings. The first-order valence-corrected chi connectivity index (χ1v) is 11.4. The summed E-state index contributed by atoms with van der Waals surface area (Å²) in [5, 5.41) is 8.11. The van der Waals surface area contributed by atoms with Crippen LogP contribution in [0.2, 0.25) is 0 Å². The molecule has 5 rings (SSSR count). The number of benzene rings is 2. The molecule has 2 aromatic carbocycles. The molecule has 0 unspecified atom stereocenters. The first-order chi connectivity index (χ1) is 16.0. The van der Waals surface area contributed by atoms with E-state index in [2.05, 4.69) is 46.6 Å². The summed E-state index contributed by atoms with van der Waals surface area (Å²) in [5.41, 5.74) is 6.49. The van der Waals surface area contributed by atoms with Gasteiger partial charge in [0.15, 0.2) is 0 Å². The minimum atomic E-state index is -0.596. The number of para-hydroxylation sites is 2. The largest absolute Gasteiger partial charge is 0.361 e. The number of hydrogen-bond acceptors (Lipinski definition) is 2. The average molecular weight is 441 g/mol. The van der Waals surface area contributed by atoms with Gasteiger partial charge in [0.2, 0.25) is 11.8 Å². The third kappa shape index (κ3) is 4.16. The molecule has 2 aromatic heterocycles. The number of H-pyrrole nitrogens is 2. The van der Waals surface area contributed by atoms with E-state index in [0.717, 1.165) is 45.0 Å². The van der Waals surface area contributed by atoms with Crippen molar-refractivity contribution < 1.29 is 9.59 Å². The lowest BCUT2D eigenvalue weighted by Crippen LogP contribution is -2.62. The Morgan fingerprint density at radius 1 is 0.848 bits per heavy atom. The Kier molecular flexibility index (Phi) is 5.50. The van der Waals surface area contributed by atoms with Crippen LogP contribution in [0.5, 0.6) is 0 Å². The lowest BCUT2D eigenvalue weighted by Gasteiger charge is -2.29. The van der Waals surface area contributed by atoms with Crippen LogP contribution in [0.1, 0.15) is 30.7 Å². The summed E-state index contributed by atoms with van der Waals surface area (Å²) < 4.78 is 0. The highest BCUT2D eigenvalue weighted by Crippen LogP contribution is 2.26. The average Bonchev–Trinajstić information content (AvgIpc) is 3.37. The standard InChI is InChI=1S/C27H28N4O2/c1-16(2)11-12-23-20(19-8-4-6-10-22(19)29-23)14-25-27(33)30-24(26(32)31-25)13-17-15-28-21-9-5-3-7-18(17)21/h3-11,15,24-25,28-29H,12-14H2,1-2H3,(H,30,33)(H,31,32)/t24-,25-/m0/s1. The number of hydrogen-bond donors (Lipinski definition) is 4. The van der Waals surface area contributed by atoms with Crippen molar-refractivity contribution in [3.63, 3.8) is 0 Å². The first kappa shape index (κ1) is 21.1. The van der Waals surface area contributed by atoms with Crippen molar-refractivity contribution in [1.29, 1.82) is 0 Å². The van der Waals surface area contributed by atoms with Gasteiger partial charge >= 0.3 is 0 Å². The summed E-state index contributed by atoms with van der Waals surface area (Å²) in [6.45, 7) is 4.15. The second kappa shape index (κ2) is 8.62. The number of aromatic amines is 2. The molecule has 0 radical (unpaired) electrons. The van der Waals surface area contributed by atoms with Crippen molar-refractivity contribution in [2.24, 2.45) is 0 Å². The summed E-state index contributed by atoms with van der Waals surface area (Å²) in [6, 6.07) is 14.9. The van der Waals surface area contributed by atoms with Crippen LogP contribution in [0.15, 0.2) is 66.4 Å². The molecule has 1 saturated heterocycles. The zero-order valence-electron chi connectivity index (χ0n) is 18.9. The molecule has 2 atom stereocenters. The Morgan fingerprint density at radius 3 is 2.21 bits per heavy atom. The van der Waals surface area contributed by atoms with E-state index in [-0.39, 0.29) is 11.8 Å². The predicted molar refractivity (Wildman–Crippen MR) is 131 cm³/mol. The third-order valence-electron chi connectivity index (χ3n) is 6.39. The SMILES string of the molecule is CC(C)=CCc1[nH]c2ccccc2c1C[C@@H]1NC(=O)[C@H](Cc2c[nH]c3ccccc23)NC1=O. The third-order valence-corrected chi connectivity index (χ3v) is 6.39. The van der Waals surface area contributed by atoms with Gasteiger partial charge in [0.05, 0.1) is 0 Å². The number of fused-ring (bicyclic) bond motifs is 2. The smallest absolute Gasteiger partial charge is 0.243 e. The molecule has 3 heterocycles. The maximum atomic E-state index is 13.0. The lowest BCUT2D eigenvalue weighted by molar-refractivity contribution is -0.136. The summed E-state index contributed by atoms with van der Waals surface area (Å²) in [5.74, 6) is -0.284. The van der Waals surface area contributed by atoms with Crippen LogP contribution in [-0.4, -0.2) is 33.9 Å². The number of aromatic nitrogens is 2. The fourth-order valence-electron chi connectivity index (χ4n) is 4.66. The van der Waals surface area contributed by atoms with Gasteiger partial charge in [-0.05, 0) is 37.1 Å². The molecule has 168 valence electrons. The Hall–Kier alpha value is -3.80. The Bertz CT molecular complexity index is 1370. The van der Waals surface area contributed by atoms with Crippen molar-refractivity contribution in [3.8, 4) is 0 Å². The molecule has 6 nitrogen and oxygen atoms in total. The molecule has 0 aliphatic carbocycles. The minimum Gasteiger partial charge on any atom is -0.361 e. The van der Waals surface area contributed by atoms with Gasteiger partial charge in [0, 0.05) is 53.0 Å². The topological polar surface area (TPSA) is 89.8 Å². The van der Waals surface area contributed by atoms with E-state index in [9.17, 15) is 9.59 Å². The summed E-state index contributed by atoms with van der Waals surface area (Å²) >= 11 is 0. The fourth-order valence-corrected chi connectivity index (χ4v) is 4.66. The van der Waals surface area contributed by atoms with Crippen LogP contribution in [0, 0.1) is 0 Å². The molecule has 4 aromatic rings. The van der Waals surface area contributed by atoms with Crippen LogP contribution in [-0.2, 0) is 28.9 Å². The van der Waals surface area contributed by atoms with Gasteiger partial charge in [-0.1, -0.05) is 48.0 Å². The highest BCUT2D eigenvalue weighted by molar-refractivity contribution is 5.98. The van der Waals surface area contributed by atoms with E-state index < -0.39 is 12.1 Å². The zero-order chi connectivity index (χ0) is 22.9. The predicted octanol–water partition coefficient (Wildman–Crippen LogP) is 3.93. The number of amides is 2. The van der Waals surface area contributed by atoms with Crippen LogP contribution in [0.25, 0.3) is 21.8 Å². The number of rotatable bonds is 6. The van der Waals surface area contributed by atoms with Crippen molar-refractivity contribution in [3.05, 3.63) is 83.2 Å². The van der Waals surface area contributed by atoms with Crippen LogP contribution < -0.4 is 10.6 Å².